The molecular formula is C30H31N7O2. The lowest BCUT2D eigenvalue weighted by atomic mass is 10.0. The maximum atomic E-state index is 13.5. The standard InChI is InChI=1S/C30H31N7O2/c1-21-8-13-27-23(18-21)19-26(30(38)31-27)28(29-32-33-34-37(29)20-22-6-4-3-5-7-22)36-16-14-35(15-17-36)24-9-11-25(39-2)12-10-24/h3-13,18-19,28H,14-17,20H2,1-2H3,(H,31,38)/t28-/m1/s1. The Balaban J connectivity index is 1.36. The van der Waals surface area contributed by atoms with E-state index in [1.165, 1.54) is 0 Å². The van der Waals surface area contributed by atoms with Gasteiger partial charge in [0, 0.05) is 42.9 Å². The molecule has 5 aromatic rings. The Morgan fingerprint density at radius 3 is 2.46 bits per heavy atom. The van der Waals surface area contributed by atoms with Crippen molar-refractivity contribution < 1.29 is 4.74 Å². The Hall–Kier alpha value is -4.50. The largest absolute Gasteiger partial charge is 0.497 e. The van der Waals surface area contributed by atoms with Crippen LogP contribution >= 0.6 is 0 Å². The first-order chi connectivity index (χ1) is 19.1. The summed E-state index contributed by atoms with van der Waals surface area (Å²) in [5.74, 6) is 1.50. The summed E-state index contributed by atoms with van der Waals surface area (Å²) in [4.78, 5) is 21.3. The predicted molar refractivity (Wildman–Crippen MR) is 151 cm³/mol. The number of aryl methyl sites for hydroxylation is 1. The van der Waals surface area contributed by atoms with Crippen molar-refractivity contribution in [3.05, 3.63) is 112 Å². The van der Waals surface area contributed by atoms with Gasteiger partial charge in [-0.1, -0.05) is 42.0 Å². The number of anilines is 1. The molecule has 0 bridgehead atoms. The topological polar surface area (TPSA) is 92.2 Å². The summed E-state index contributed by atoms with van der Waals surface area (Å²) in [6.07, 6.45) is 0. The van der Waals surface area contributed by atoms with Gasteiger partial charge in [-0.15, -0.1) is 5.10 Å². The first-order valence-electron chi connectivity index (χ1n) is 13.2. The summed E-state index contributed by atoms with van der Waals surface area (Å²) in [5, 5.41) is 13.9. The van der Waals surface area contributed by atoms with Crippen LogP contribution in [-0.2, 0) is 6.54 Å². The number of hydrogen-bond donors (Lipinski definition) is 1. The van der Waals surface area contributed by atoms with Crippen LogP contribution in [0.25, 0.3) is 10.9 Å². The smallest absolute Gasteiger partial charge is 0.253 e. The molecule has 1 aliphatic heterocycles. The monoisotopic (exact) mass is 521 g/mol. The van der Waals surface area contributed by atoms with Gasteiger partial charge in [0.25, 0.3) is 5.56 Å². The molecule has 1 fully saturated rings. The zero-order valence-corrected chi connectivity index (χ0v) is 22.1. The van der Waals surface area contributed by atoms with E-state index >= 15 is 0 Å². The van der Waals surface area contributed by atoms with Crippen molar-refractivity contribution >= 4 is 16.6 Å². The molecule has 9 heteroatoms. The first kappa shape index (κ1) is 24.8. The second kappa shape index (κ2) is 10.7. The summed E-state index contributed by atoms with van der Waals surface area (Å²) in [5.41, 5.74) is 4.73. The van der Waals surface area contributed by atoms with Crippen LogP contribution in [0, 0.1) is 6.92 Å². The second-order valence-electron chi connectivity index (χ2n) is 9.95. The summed E-state index contributed by atoms with van der Waals surface area (Å²) >= 11 is 0. The number of nitrogens with one attached hydrogen (secondary N) is 1. The van der Waals surface area contributed by atoms with E-state index in [4.69, 9.17) is 4.74 Å². The maximum Gasteiger partial charge on any atom is 0.253 e. The molecule has 0 radical (unpaired) electrons. The lowest BCUT2D eigenvalue weighted by Crippen LogP contribution is -2.49. The van der Waals surface area contributed by atoms with Gasteiger partial charge in [-0.3, -0.25) is 9.69 Å². The summed E-state index contributed by atoms with van der Waals surface area (Å²) in [6.45, 7) is 5.71. The van der Waals surface area contributed by atoms with Crippen molar-refractivity contribution in [1.82, 2.24) is 30.1 Å². The van der Waals surface area contributed by atoms with E-state index in [0.29, 0.717) is 17.9 Å². The minimum absolute atomic E-state index is 0.122. The maximum absolute atomic E-state index is 13.5. The van der Waals surface area contributed by atoms with Crippen LogP contribution in [0.5, 0.6) is 5.75 Å². The van der Waals surface area contributed by atoms with Crippen molar-refractivity contribution in [3.63, 3.8) is 0 Å². The molecule has 1 atom stereocenters. The molecule has 0 unspecified atom stereocenters. The van der Waals surface area contributed by atoms with E-state index in [0.717, 1.165) is 59.6 Å². The van der Waals surface area contributed by atoms with Crippen LogP contribution in [0.3, 0.4) is 0 Å². The molecule has 1 N–H and O–H groups in total. The van der Waals surface area contributed by atoms with Gasteiger partial charge in [0.05, 0.1) is 13.7 Å². The Kier molecular flexibility index (Phi) is 6.81. The first-order valence-corrected chi connectivity index (χ1v) is 13.2. The molecule has 1 aliphatic rings. The number of piperazine rings is 1. The van der Waals surface area contributed by atoms with Crippen LogP contribution in [-0.4, -0.2) is 63.4 Å². The number of methoxy groups -OCH3 is 1. The highest BCUT2D eigenvalue weighted by molar-refractivity contribution is 5.79. The minimum atomic E-state index is -0.393. The third-order valence-corrected chi connectivity index (χ3v) is 7.42. The zero-order chi connectivity index (χ0) is 26.8. The van der Waals surface area contributed by atoms with Crippen LogP contribution in [0.15, 0.2) is 83.7 Å². The number of aromatic amines is 1. The zero-order valence-electron chi connectivity index (χ0n) is 22.1. The number of ether oxygens (including phenoxy) is 1. The van der Waals surface area contributed by atoms with Crippen LogP contribution in [0.4, 0.5) is 5.69 Å². The SMILES string of the molecule is COc1ccc(N2CCN([C@H](c3cc4cc(C)ccc4[nH]c3=O)c3nnnn3Cc3ccccc3)CC2)cc1. The molecule has 39 heavy (non-hydrogen) atoms. The van der Waals surface area contributed by atoms with Crippen molar-refractivity contribution in [3.8, 4) is 5.75 Å². The van der Waals surface area contributed by atoms with Gasteiger partial charge in [0.2, 0.25) is 0 Å². The molecule has 198 valence electrons. The molecule has 1 saturated heterocycles. The van der Waals surface area contributed by atoms with Gasteiger partial charge in [-0.2, -0.15) is 0 Å². The van der Waals surface area contributed by atoms with Gasteiger partial charge < -0.3 is 14.6 Å². The van der Waals surface area contributed by atoms with Crippen LogP contribution in [0.2, 0.25) is 0 Å². The van der Waals surface area contributed by atoms with Crippen molar-refractivity contribution in [2.24, 2.45) is 0 Å². The van der Waals surface area contributed by atoms with Crippen LogP contribution in [0.1, 0.15) is 28.6 Å². The Bertz CT molecular complexity index is 1620. The number of benzene rings is 3. The summed E-state index contributed by atoms with van der Waals surface area (Å²) in [7, 11) is 1.68. The Labute approximate surface area is 226 Å². The molecule has 0 spiro atoms. The van der Waals surface area contributed by atoms with Gasteiger partial charge in [-0.05, 0) is 70.8 Å². The van der Waals surface area contributed by atoms with E-state index in [-0.39, 0.29) is 5.56 Å². The highest BCUT2D eigenvalue weighted by Gasteiger charge is 2.33. The third kappa shape index (κ3) is 5.13. The molecule has 9 nitrogen and oxygen atoms in total. The number of pyridine rings is 1. The lowest BCUT2D eigenvalue weighted by molar-refractivity contribution is 0.200. The molecule has 3 aromatic carbocycles. The van der Waals surface area contributed by atoms with E-state index < -0.39 is 6.04 Å². The van der Waals surface area contributed by atoms with Crippen molar-refractivity contribution in [2.75, 3.05) is 38.2 Å². The number of aromatic nitrogens is 5. The molecule has 6 rings (SSSR count). The average Bonchev–Trinajstić information content (AvgIpc) is 3.42. The second-order valence-corrected chi connectivity index (χ2v) is 9.95. The van der Waals surface area contributed by atoms with Gasteiger partial charge in [0.15, 0.2) is 5.82 Å². The number of rotatable bonds is 7. The fourth-order valence-electron chi connectivity index (χ4n) is 5.35. The number of nitrogens with zero attached hydrogens (tertiary/aromatic N) is 6. The average molecular weight is 522 g/mol. The molecule has 2 aromatic heterocycles. The number of hydrogen-bond acceptors (Lipinski definition) is 7. The molecule has 3 heterocycles. The quantitative estimate of drug-likeness (QED) is 0.348. The number of fused-ring (bicyclic) bond motifs is 1. The Morgan fingerprint density at radius 2 is 1.72 bits per heavy atom. The van der Waals surface area contributed by atoms with E-state index in [9.17, 15) is 4.79 Å². The fourth-order valence-corrected chi connectivity index (χ4v) is 5.35. The fraction of sp³-hybridized carbons (Fsp3) is 0.267. The number of H-pyrrole nitrogens is 1. The lowest BCUT2D eigenvalue weighted by Gasteiger charge is -2.39. The molecule has 0 saturated carbocycles. The van der Waals surface area contributed by atoms with E-state index in [1.807, 2.05) is 53.2 Å². The van der Waals surface area contributed by atoms with E-state index in [1.54, 1.807) is 7.11 Å². The summed E-state index contributed by atoms with van der Waals surface area (Å²) < 4.78 is 7.13. The van der Waals surface area contributed by atoms with E-state index in [2.05, 4.69) is 67.6 Å². The normalized spacial score (nSPS) is 15.0. The number of tetrazole rings is 1. The van der Waals surface area contributed by atoms with Gasteiger partial charge in [-0.25, -0.2) is 4.68 Å². The highest BCUT2D eigenvalue weighted by Crippen LogP contribution is 2.30. The predicted octanol–water partition coefficient (Wildman–Crippen LogP) is 3.79. The summed E-state index contributed by atoms with van der Waals surface area (Å²) in [6, 6.07) is 25.9. The Morgan fingerprint density at radius 1 is 0.949 bits per heavy atom. The molecular weight excluding hydrogens is 490 g/mol. The van der Waals surface area contributed by atoms with Crippen molar-refractivity contribution in [2.45, 2.75) is 19.5 Å². The van der Waals surface area contributed by atoms with Crippen molar-refractivity contribution in [1.29, 1.82) is 0 Å². The third-order valence-electron chi connectivity index (χ3n) is 7.42. The van der Waals surface area contributed by atoms with Gasteiger partial charge in [0.1, 0.15) is 11.8 Å². The minimum Gasteiger partial charge on any atom is -0.497 e. The van der Waals surface area contributed by atoms with Gasteiger partial charge >= 0.3 is 0 Å². The molecule has 0 amide bonds. The van der Waals surface area contributed by atoms with Crippen LogP contribution < -0.4 is 15.2 Å². The molecule has 0 aliphatic carbocycles. The highest BCUT2D eigenvalue weighted by atomic mass is 16.5.